The SMILES string of the molecule is Cc1c(Cl)cccc1-n1nnnc1-c1ccc(Cl)cc1N. The molecule has 0 spiro atoms. The fourth-order valence-electron chi connectivity index (χ4n) is 2.08. The molecule has 0 amide bonds. The maximum absolute atomic E-state index is 6.16. The fourth-order valence-corrected chi connectivity index (χ4v) is 2.43. The highest BCUT2D eigenvalue weighted by Gasteiger charge is 2.15. The van der Waals surface area contributed by atoms with Gasteiger partial charge in [-0.3, -0.25) is 0 Å². The smallest absolute Gasteiger partial charge is 0.189 e. The molecule has 3 aromatic rings. The summed E-state index contributed by atoms with van der Waals surface area (Å²) in [6.45, 7) is 1.91. The van der Waals surface area contributed by atoms with Gasteiger partial charge in [-0.25, -0.2) is 0 Å². The fraction of sp³-hybridized carbons (Fsp3) is 0.0714. The van der Waals surface area contributed by atoms with Crippen molar-refractivity contribution in [3.05, 3.63) is 52.0 Å². The molecule has 0 aliphatic carbocycles. The number of rotatable bonds is 2. The quantitative estimate of drug-likeness (QED) is 0.733. The first-order valence-electron chi connectivity index (χ1n) is 6.17. The number of benzene rings is 2. The highest BCUT2D eigenvalue weighted by atomic mass is 35.5. The van der Waals surface area contributed by atoms with Crippen molar-refractivity contribution in [1.82, 2.24) is 20.2 Å². The van der Waals surface area contributed by atoms with Gasteiger partial charge in [-0.05, 0) is 53.2 Å². The van der Waals surface area contributed by atoms with E-state index in [1.807, 2.05) is 25.1 Å². The van der Waals surface area contributed by atoms with Crippen LogP contribution in [0.25, 0.3) is 17.1 Å². The van der Waals surface area contributed by atoms with E-state index in [9.17, 15) is 0 Å². The molecule has 2 aromatic carbocycles. The molecule has 3 rings (SSSR count). The Hall–Kier alpha value is -2.11. The predicted octanol–water partition coefficient (Wildman–Crippen LogP) is 3.53. The second kappa shape index (κ2) is 5.35. The van der Waals surface area contributed by atoms with Crippen LogP contribution >= 0.6 is 23.2 Å². The summed E-state index contributed by atoms with van der Waals surface area (Å²) in [5.41, 5.74) is 8.92. The Bertz CT molecular complexity index is 813. The van der Waals surface area contributed by atoms with E-state index in [0.717, 1.165) is 11.3 Å². The minimum atomic E-state index is 0.512. The maximum Gasteiger partial charge on any atom is 0.189 e. The summed E-state index contributed by atoms with van der Waals surface area (Å²) in [5.74, 6) is 0.537. The topological polar surface area (TPSA) is 69.6 Å². The number of hydrogen-bond acceptors (Lipinski definition) is 4. The summed E-state index contributed by atoms with van der Waals surface area (Å²) in [7, 11) is 0. The molecule has 7 heteroatoms. The van der Waals surface area contributed by atoms with Crippen molar-refractivity contribution in [2.24, 2.45) is 0 Å². The summed E-state index contributed by atoms with van der Waals surface area (Å²) < 4.78 is 1.61. The zero-order valence-corrected chi connectivity index (χ0v) is 12.6. The normalized spacial score (nSPS) is 10.8. The lowest BCUT2D eigenvalue weighted by atomic mass is 10.1. The van der Waals surface area contributed by atoms with Gasteiger partial charge in [-0.2, -0.15) is 4.68 Å². The molecule has 0 bridgehead atoms. The third-order valence-corrected chi connectivity index (χ3v) is 3.84. The second-order valence-corrected chi connectivity index (χ2v) is 5.37. The van der Waals surface area contributed by atoms with Crippen LogP contribution in [0.4, 0.5) is 5.69 Å². The number of halogens is 2. The van der Waals surface area contributed by atoms with Crippen LogP contribution in [-0.4, -0.2) is 20.2 Å². The third kappa shape index (κ3) is 2.46. The molecular weight excluding hydrogens is 309 g/mol. The number of aromatic nitrogens is 4. The lowest BCUT2D eigenvalue weighted by Gasteiger charge is -2.10. The van der Waals surface area contributed by atoms with Gasteiger partial charge in [0.15, 0.2) is 5.82 Å². The van der Waals surface area contributed by atoms with Gasteiger partial charge in [0, 0.05) is 21.3 Å². The minimum absolute atomic E-state index is 0.512. The zero-order chi connectivity index (χ0) is 15.0. The number of nitrogens with two attached hydrogens (primary N) is 1. The van der Waals surface area contributed by atoms with Crippen LogP contribution in [0, 0.1) is 6.92 Å². The maximum atomic E-state index is 6.16. The lowest BCUT2D eigenvalue weighted by Crippen LogP contribution is -2.03. The van der Waals surface area contributed by atoms with Crippen molar-refractivity contribution in [1.29, 1.82) is 0 Å². The summed E-state index contributed by atoms with van der Waals surface area (Å²) in [4.78, 5) is 0. The number of anilines is 1. The van der Waals surface area contributed by atoms with Crippen LogP contribution in [0.5, 0.6) is 0 Å². The first-order valence-corrected chi connectivity index (χ1v) is 6.93. The van der Waals surface area contributed by atoms with Crippen LogP contribution in [0.1, 0.15) is 5.56 Å². The molecule has 2 N–H and O–H groups in total. The van der Waals surface area contributed by atoms with E-state index >= 15 is 0 Å². The molecule has 1 heterocycles. The van der Waals surface area contributed by atoms with E-state index in [1.165, 1.54) is 0 Å². The molecule has 0 radical (unpaired) electrons. The molecule has 0 saturated carbocycles. The molecule has 1 aromatic heterocycles. The van der Waals surface area contributed by atoms with E-state index in [4.69, 9.17) is 28.9 Å². The zero-order valence-electron chi connectivity index (χ0n) is 11.1. The molecule has 0 aliphatic rings. The molecule has 106 valence electrons. The Morgan fingerprint density at radius 2 is 1.95 bits per heavy atom. The van der Waals surface area contributed by atoms with Gasteiger partial charge in [-0.1, -0.05) is 29.3 Å². The van der Waals surface area contributed by atoms with E-state index < -0.39 is 0 Å². The van der Waals surface area contributed by atoms with Crippen LogP contribution in [0.15, 0.2) is 36.4 Å². The lowest BCUT2D eigenvalue weighted by molar-refractivity contribution is 0.787. The number of hydrogen-bond donors (Lipinski definition) is 1. The summed E-state index contributed by atoms with van der Waals surface area (Å²) in [6, 6.07) is 10.8. The van der Waals surface area contributed by atoms with E-state index in [2.05, 4.69) is 15.5 Å². The van der Waals surface area contributed by atoms with E-state index in [1.54, 1.807) is 22.9 Å². The van der Waals surface area contributed by atoms with Crippen LogP contribution in [0.3, 0.4) is 0 Å². The number of nitrogens with zero attached hydrogens (tertiary/aromatic N) is 4. The van der Waals surface area contributed by atoms with E-state index in [0.29, 0.717) is 27.1 Å². The van der Waals surface area contributed by atoms with Gasteiger partial charge in [-0.15, -0.1) is 5.10 Å². The average Bonchev–Trinajstić information content (AvgIpc) is 2.91. The largest absolute Gasteiger partial charge is 0.398 e. The summed E-state index contributed by atoms with van der Waals surface area (Å²) in [6.07, 6.45) is 0. The van der Waals surface area contributed by atoms with Gasteiger partial charge in [0.25, 0.3) is 0 Å². The second-order valence-electron chi connectivity index (χ2n) is 4.53. The molecule has 0 aliphatic heterocycles. The summed E-state index contributed by atoms with van der Waals surface area (Å²) >= 11 is 12.1. The van der Waals surface area contributed by atoms with Gasteiger partial charge < -0.3 is 5.73 Å². The van der Waals surface area contributed by atoms with E-state index in [-0.39, 0.29) is 0 Å². The van der Waals surface area contributed by atoms with Crippen molar-refractivity contribution in [3.8, 4) is 17.1 Å². The molecular formula is C14H11Cl2N5. The Morgan fingerprint density at radius 1 is 1.14 bits per heavy atom. The Labute approximate surface area is 131 Å². The number of nitrogen functional groups attached to an aromatic ring is 1. The molecule has 5 nitrogen and oxygen atoms in total. The van der Waals surface area contributed by atoms with Crippen molar-refractivity contribution in [2.45, 2.75) is 6.92 Å². The number of tetrazole rings is 1. The Balaban J connectivity index is 2.20. The molecule has 21 heavy (non-hydrogen) atoms. The van der Waals surface area contributed by atoms with Crippen LogP contribution in [0.2, 0.25) is 10.0 Å². The van der Waals surface area contributed by atoms with Gasteiger partial charge >= 0.3 is 0 Å². The molecule has 0 fully saturated rings. The average molecular weight is 320 g/mol. The van der Waals surface area contributed by atoms with Crippen molar-refractivity contribution in [3.63, 3.8) is 0 Å². The van der Waals surface area contributed by atoms with Crippen LogP contribution in [-0.2, 0) is 0 Å². The monoisotopic (exact) mass is 319 g/mol. The minimum Gasteiger partial charge on any atom is -0.398 e. The summed E-state index contributed by atoms with van der Waals surface area (Å²) in [5, 5.41) is 13.1. The molecule has 0 unspecified atom stereocenters. The first-order chi connectivity index (χ1) is 10.1. The van der Waals surface area contributed by atoms with Gasteiger partial charge in [0.1, 0.15) is 0 Å². The Kier molecular flexibility index (Phi) is 3.53. The Morgan fingerprint density at radius 3 is 2.71 bits per heavy atom. The van der Waals surface area contributed by atoms with Crippen molar-refractivity contribution < 1.29 is 0 Å². The molecule has 0 atom stereocenters. The highest BCUT2D eigenvalue weighted by Crippen LogP contribution is 2.29. The highest BCUT2D eigenvalue weighted by molar-refractivity contribution is 6.31. The van der Waals surface area contributed by atoms with Gasteiger partial charge in [0.2, 0.25) is 0 Å². The standard InChI is InChI=1S/C14H11Cl2N5/c1-8-11(16)3-2-4-13(8)21-14(18-19-20-21)10-6-5-9(15)7-12(10)17/h2-7H,17H2,1H3. The molecule has 0 saturated heterocycles. The third-order valence-electron chi connectivity index (χ3n) is 3.19. The van der Waals surface area contributed by atoms with Gasteiger partial charge in [0.05, 0.1) is 5.69 Å². The van der Waals surface area contributed by atoms with Crippen molar-refractivity contribution >= 4 is 28.9 Å². The first kappa shape index (κ1) is 13.9. The predicted molar refractivity (Wildman–Crippen MR) is 83.8 cm³/mol. The van der Waals surface area contributed by atoms with Crippen LogP contribution < -0.4 is 5.73 Å². The van der Waals surface area contributed by atoms with Crippen molar-refractivity contribution in [2.75, 3.05) is 5.73 Å².